The molecule has 1 aliphatic rings. The predicted octanol–water partition coefficient (Wildman–Crippen LogP) is 5.98. The number of urea groups is 1. The van der Waals surface area contributed by atoms with Gasteiger partial charge in [0.2, 0.25) is 0 Å². The molecule has 0 spiro atoms. The Morgan fingerprint density at radius 2 is 1.71 bits per heavy atom. The van der Waals surface area contributed by atoms with E-state index in [0.717, 1.165) is 5.56 Å². The topological polar surface area (TPSA) is 61.9 Å². The second-order valence-corrected chi connectivity index (χ2v) is 8.24. The van der Waals surface area contributed by atoms with Gasteiger partial charge in [-0.3, -0.25) is 9.69 Å². The molecule has 3 aromatic rings. The van der Waals surface area contributed by atoms with Gasteiger partial charge in [-0.05, 0) is 60.9 Å². The van der Waals surface area contributed by atoms with E-state index in [2.05, 4.69) is 10.1 Å². The first-order valence-electron chi connectivity index (χ1n) is 11.1. The lowest BCUT2D eigenvalue weighted by atomic mass is 10.1. The first-order chi connectivity index (χ1) is 16.7. The average molecular weight is 483 g/mol. The molecule has 0 aliphatic carbocycles. The number of hydrogen-bond donors (Lipinski definition) is 1. The van der Waals surface area contributed by atoms with Crippen molar-refractivity contribution in [2.45, 2.75) is 26.3 Å². The third-order valence-corrected chi connectivity index (χ3v) is 5.57. The second-order valence-electron chi connectivity index (χ2n) is 8.24. The number of aryl methyl sites for hydroxylation is 1. The molecule has 3 aromatic carbocycles. The second kappa shape index (κ2) is 10.1. The minimum absolute atomic E-state index is 0.235. The smallest absolute Gasteiger partial charge is 0.406 e. The van der Waals surface area contributed by atoms with Crippen LogP contribution in [-0.4, -0.2) is 36.3 Å². The molecule has 3 amide bonds. The maximum absolute atomic E-state index is 13.3. The summed E-state index contributed by atoms with van der Waals surface area (Å²) >= 11 is 0. The fourth-order valence-electron chi connectivity index (χ4n) is 3.94. The Balaban J connectivity index is 1.51. The summed E-state index contributed by atoms with van der Waals surface area (Å²) in [4.78, 5) is 29.3. The van der Waals surface area contributed by atoms with Crippen LogP contribution in [0, 0.1) is 6.92 Å². The molecule has 6 nitrogen and oxygen atoms in total. The number of halogens is 3. The van der Waals surface area contributed by atoms with Crippen LogP contribution in [0.5, 0.6) is 5.75 Å². The summed E-state index contributed by atoms with van der Waals surface area (Å²) in [7, 11) is 0. The number of rotatable bonds is 6. The molecule has 1 heterocycles. The SMILES string of the molecule is Cc1ccc(N2CCCN(Cc3ccc(OC(F)(F)F)cc3)C2=O)c(NC(=O)c2ccccc2)c1. The molecule has 0 aromatic heterocycles. The van der Waals surface area contributed by atoms with Crippen molar-refractivity contribution >= 4 is 23.3 Å². The maximum atomic E-state index is 13.3. The Morgan fingerprint density at radius 1 is 1.00 bits per heavy atom. The van der Waals surface area contributed by atoms with Crippen molar-refractivity contribution in [1.29, 1.82) is 0 Å². The molecule has 182 valence electrons. The monoisotopic (exact) mass is 483 g/mol. The Bertz CT molecular complexity index is 1200. The molecule has 0 radical (unpaired) electrons. The van der Waals surface area contributed by atoms with Crippen molar-refractivity contribution in [2.24, 2.45) is 0 Å². The molecule has 1 aliphatic heterocycles. The zero-order chi connectivity index (χ0) is 25.0. The Morgan fingerprint density at radius 3 is 2.40 bits per heavy atom. The summed E-state index contributed by atoms with van der Waals surface area (Å²) in [6.07, 6.45) is -4.06. The van der Waals surface area contributed by atoms with Crippen molar-refractivity contribution in [1.82, 2.24) is 4.90 Å². The zero-order valence-electron chi connectivity index (χ0n) is 19.0. The number of carbonyl (C=O) groups is 2. The van der Waals surface area contributed by atoms with Crippen LogP contribution in [0.25, 0.3) is 0 Å². The van der Waals surface area contributed by atoms with Gasteiger partial charge >= 0.3 is 12.4 Å². The van der Waals surface area contributed by atoms with Crippen LogP contribution < -0.4 is 15.0 Å². The van der Waals surface area contributed by atoms with Crippen molar-refractivity contribution < 1.29 is 27.5 Å². The van der Waals surface area contributed by atoms with E-state index in [9.17, 15) is 22.8 Å². The predicted molar refractivity (Wildman–Crippen MR) is 126 cm³/mol. The number of amides is 3. The summed E-state index contributed by atoms with van der Waals surface area (Å²) in [6.45, 7) is 3.12. The van der Waals surface area contributed by atoms with Crippen LogP contribution in [-0.2, 0) is 6.54 Å². The van der Waals surface area contributed by atoms with Crippen molar-refractivity contribution in [3.05, 3.63) is 89.5 Å². The number of alkyl halides is 3. The number of nitrogens with zero attached hydrogens (tertiary/aromatic N) is 2. The molecule has 1 N–H and O–H groups in total. The molecular weight excluding hydrogens is 459 g/mol. The van der Waals surface area contributed by atoms with Crippen LogP contribution in [0.15, 0.2) is 72.8 Å². The van der Waals surface area contributed by atoms with Gasteiger partial charge in [-0.15, -0.1) is 13.2 Å². The molecule has 0 bridgehead atoms. The van der Waals surface area contributed by atoms with Crippen LogP contribution in [0.2, 0.25) is 0 Å². The fraction of sp³-hybridized carbons (Fsp3) is 0.231. The lowest BCUT2D eigenvalue weighted by molar-refractivity contribution is -0.274. The quantitative estimate of drug-likeness (QED) is 0.469. The third kappa shape index (κ3) is 6.11. The van der Waals surface area contributed by atoms with Gasteiger partial charge in [0.15, 0.2) is 0 Å². The highest BCUT2D eigenvalue weighted by atomic mass is 19.4. The van der Waals surface area contributed by atoms with Gasteiger partial charge in [-0.1, -0.05) is 36.4 Å². The largest absolute Gasteiger partial charge is 0.573 e. The first kappa shape index (κ1) is 24.1. The van der Waals surface area contributed by atoms with Crippen LogP contribution in [0.4, 0.5) is 29.3 Å². The van der Waals surface area contributed by atoms with E-state index >= 15 is 0 Å². The van der Waals surface area contributed by atoms with E-state index in [1.807, 2.05) is 25.1 Å². The summed E-state index contributed by atoms with van der Waals surface area (Å²) in [6, 6.07) is 19.5. The van der Waals surface area contributed by atoms with Crippen LogP contribution >= 0.6 is 0 Å². The highest BCUT2D eigenvalue weighted by Gasteiger charge is 2.31. The maximum Gasteiger partial charge on any atom is 0.573 e. The van der Waals surface area contributed by atoms with E-state index in [1.165, 1.54) is 24.3 Å². The van der Waals surface area contributed by atoms with E-state index in [-0.39, 0.29) is 24.2 Å². The summed E-state index contributed by atoms with van der Waals surface area (Å²) in [5, 5.41) is 2.92. The van der Waals surface area contributed by atoms with Crippen molar-refractivity contribution in [3.8, 4) is 5.75 Å². The fourth-order valence-corrected chi connectivity index (χ4v) is 3.94. The summed E-state index contributed by atoms with van der Waals surface area (Å²) in [5.41, 5.74) is 3.23. The van der Waals surface area contributed by atoms with E-state index in [0.29, 0.717) is 42.0 Å². The molecule has 0 unspecified atom stereocenters. The van der Waals surface area contributed by atoms with Gasteiger partial charge in [0.1, 0.15) is 5.75 Å². The third-order valence-electron chi connectivity index (χ3n) is 5.57. The van der Waals surface area contributed by atoms with E-state index < -0.39 is 6.36 Å². The van der Waals surface area contributed by atoms with Gasteiger partial charge in [-0.25, -0.2) is 4.79 Å². The molecule has 0 atom stereocenters. The number of benzene rings is 3. The average Bonchev–Trinajstić information content (AvgIpc) is 2.82. The number of anilines is 2. The minimum Gasteiger partial charge on any atom is -0.406 e. The molecule has 1 saturated heterocycles. The molecular formula is C26H24F3N3O3. The zero-order valence-corrected chi connectivity index (χ0v) is 19.0. The molecule has 9 heteroatoms. The van der Waals surface area contributed by atoms with Crippen molar-refractivity contribution in [3.63, 3.8) is 0 Å². The lowest BCUT2D eigenvalue weighted by Gasteiger charge is -2.36. The number of carbonyl (C=O) groups excluding carboxylic acids is 2. The lowest BCUT2D eigenvalue weighted by Crippen LogP contribution is -2.49. The van der Waals surface area contributed by atoms with Gasteiger partial charge in [0.25, 0.3) is 5.91 Å². The van der Waals surface area contributed by atoms with Gasteiger partial charge in [0.05, 0.1) is 11.4 Å². The standard InChI is InChI=1S/C26H24F3N3O3/c1-18-8-13-23(22(16-18)30-24(33)20-6-3-2-4-7-20)32-15-5-14-31(25(32)34)17-19-9-11-21(12-10-19)35-26(27,28)29/h2-4,6-13,16H,5,14-15,17H2,1H3,(H,30,33). The number of nitrogens with one attached hydrogen (secondary N) is 1. The minimum atomic E-state index is -4.76. The van der Waals surface area contributed by atoms with Crippen LogP contribution in [0.3, 0.4) is 0 Å². The molecule has 4 rings (SSSR count). The van der Waals surface area contributed by atoms with Crippen LogP contribution in [0.1, 0.15) is 27.9 Å². The number of ether oxygens (including phenoxy) is 1. The Kier molecular flexibility index (Phi) is 6.95. The highest BCUT2D eigenvalue weighted by molar-refractivity contribution is 6.07. The summed E-state index contributed by atoms with van der Waals surface area (Å²) in [5.74, 6) is -0.591. The van der Waals surface area contributed by atoms with Gasteiger partial charge < -0.3 is 15.0 Å². The molecule has 0 saturated carbocycles. The Hall–Kier alpha value is -4.01. The first-order valence-corrected chi connectivity index (χ1v) is 11.1. The van der Waals surface area contributed by atoms with Gasteiger partial charge in [0, 0.05) is 25.2 Å². The summed E-state index contributed by atoms with van der Waals surface area (Å²) < 4.78 is 41.1. The van der Waals surface area contributed by atoms with Gasteiger partial charge in [-0.2, -0.15) is 0 Å². The van der Waals surface area contributed by atoms with E-state index in [4.69, 9.17) is 0 Å². The highest BCUT2D eigenvalue weighted by Crippen LogP contribution is 2.31. The molecule has 1 fully saturated rings. The Labute approximate surface area is 200 Å². The molecule has 35 heavy (non-hydrogen) atoms. The van der Waals surface area contributed by atoms with E-state index in [1.54, 1.807) is 40.1 Å². The normalized spacial score (nSPS) is 14.1. The number of hydrogen-bond acceptors (Lipinski definition) is 3. The van der Waals surface area contributed by atoms with Crippen molar-refractivity contribution in [2.75, 3.05) is 23.3 Å².